The van der Waals surface area contributed by atoms with E-state index in [4.69, 9.17) is 11.5 Å². The van der Waals surface area contributed by atoms with Crippen molar-refractivity contribution in [2.75, 3.05) is 5.73 Å². The van der Waals surface area contributed by atoms with Gasteiger partial charge in [0, 0.05) is 16.1 Å². The minimum absolute atomic E-state index is 0.0762. The number of halogens is 1. The monoisotopic (exact) mass is 380 g/mol. The molecule has 0 bridgehead atoms. The molecule has 0 heterocycles. The van der Waals surface area contributed by atoms with Crippen LogP contribution in [0.2, 0.25) is 0 Å². The zero-order valence-corrected chi connectivity index (χ0v) is 15.1. The minimum Gasteiger partial charge on any atom is -0.398 e. The third kappa shape index (κ3) is 4.01. The van der Waals surface area contributed by atoms with Crippen molar-refractivity contribution in [3.63, 3.8) is 0 Å². The summed E-state index contributed by atoms with van der Waals surface area (Å²) in [6, 6.07) is 19.7. The number of primary amides is 1. The van der Waals surface area contributed by atoms with Gasteiger partial charge in [0.05, 0.1) is 5.56 Å². The fourth-order valence-corrected chi connectivity index (χ4v) is 3.75. The molecule has 6 heteroatoms. The molecule has 4 nitrogen and oxygen atoms in total. The molecule has 3 aromatic rings. The van der Waals surface area contributed by atoms with Gasteiger partial charge in [-0.1, -0.05) is 42.5 Å². The van der Waals surface area contributed by atoms with E-state index in [2.05, 4.69) is 0 Å². The van der Waals surface area contributed by atoms with Crippen molar-refractivity contribution in [2.45, 2.75) is 10.1 Å². The third-order valence-corrected chi connectivity index (χ3v) is 5.31. The van der Waals surface area contributed by atoms with Gasteiger partial charge in [0.15, 0.2) is 5.78 Å². The Labute approximate surface area is 160 Å². The molecule has 0 saturated heterocycles. The maximum absolute atomic E-state index is 14.0. The predicted molar refractivity (Wildman–Crippen MR) is 105 cm³/mol. The number of hydrogen-bond donors (Lipinski definition) is 2. The van der Waals surface area contributed by atoms with Crippen LogP contribution in [0.15, 0.2) is 77.7 Å². The van der Waals surface area contributed by atoms with E-state index in [1.54, 1.807) is 18.2 Å². The molecule has 0 aromatic heterocycles. The summed E-state index contributed by atoms with van der Waals surface area (Å²) in [7, 11) is 0. The molecule has 0 aliphatic carbocycles. The standard InChI is InChI=1S/C21H17FN2O2S/c22-17-12-5-4-9-14(17)19(25)15-10-6-11-16(18(15)23)20(21(24)26)27-13-7-2-1-3-8-13/h1-12,20H,23H2,(H2,24,26). The maximum Gasteiger partial charge on any atom is 0.235 e. The first-order valence-corrected chi connectivity index (χ1v) is 9.05. The number of ketones is 1. The van der Waals surface area contributed by atoms with E-state index in [1.807, 2.05) is 30.3 Å². The molecule has 0 fully saturated rings. The number of thioether (sulfide) groups is 1. The second-order valence-electron chi connectivity index (χ2n) is 5.83. The average molecular weight is 380 g/mol. The fraction of sp³-hybridized carbons (Fsp3) is 0.0476. The van der Waals surface area contributed by atoms with Crippen LogP contribution in [0.5, 0.6) is 0 Å². The lowest BCUT2D eigenvalue weighted by Gasteiger charge is -2.17. The second kappa shape index (κ2) is 8.05. The molecule has 3 rings (SSSR count). The Morgan fingerprint density at radius 2 is 1.48 bits per heavy atom. The largest absolute Gasteiger partial charge is 0.398 e. The molecule has 0 radical (unpaired) electrons. The third-order valence-electron chi connectivity index (χ3n) is 4.04. The topological polar surface area (TPSA) is 86.2 Å². The van der Waals surface area contributed by atoms with Crippen LogP contribution in [0, 0.1) is 5.82 Å². The summed E-state index contributed by atoms with van der Waals surface area (Å²) in [6.45, 7) is 0. The summed E-state index contributed by atoms with van der Waals surface area (Å²) in [5, 5.41) is -0.777. The maximum atomic E-state index is 14.0. The van der Waals surface area contributed by atoms with Gasteiger partial charge in [0.2, 0.25) is 5.91 Å². The number of carbonyl (C=O) groups excluding carboxylic acids is 2. The minimum atomic E-state index is -0.777. The first-order valence-electron chi connectivity index (χ1n) is 8.17. The quantitative estimate of drug-likeness (QED) is 0.385. The number of nitrogen functional groups attached to an aromatic ring is 1. The average Bonchev–Trinajstić information content (AvgIpc) is 2.67. The summed E-state index contributed by atoms with van der Waals surface area (Å²) in [4.78, 5) is 25.7. The number of nitrogens with two attached hydrogens (primary N) is 2. The molecule has 27 heavy (non-hydrogen) atoms. The summed E-state index contributed by atoms with van der Waals surface area (Å²) in [5.41, 5.74) is 12.4. The normalized spacial score (nSPS) is 11.7. The molecule has 3 aromatic carbocycles. The SMILES string of the molecule is NC(=O)C(Sc1ccccc1)c1cccc(C(=O)c2ccccc2F)c1N. The lowest BCUT2D eigenvalue weighted by molar-refractivity contribution is -0.117. The molecule has 1 atom stereocenters. The van der Waals surface area contributed by atoms with Crippen molar-refractivity contribution in [1.82, 2.24) is 0 Å². The highest BCUT2D eigenvalue weighted by molar-refractivity contribution is 8.00. The van der Waals surface area contributed by atoms with E-state index in [0.717, 1.165) is 4.90 Å². The highest BCUT2D eigenvalue weighted by Gasteiger charge is 2.25. The molecule has 0 aliphatic heterocycles. The van der Waals surface area contributed by atoms with Crippen LogP contribution in [-0.2, 0) is 4.79 Å². The first kappa shape index (κ1) is 18.7. The molecule has 1 amide bonds. The fourth-order valence-electron chi connectivity index (χ4n) is 2.71. The first-order chi connectivity index (χ1) is 13.0. The van der Waals surface area contributed by atoms with Gasteiger partial charge in [-0.3, -0.25) is 9.59 Å². The van der Waals surface area contributed by atoms with Crippen LogP contribution < -0.4 is 11.5 Å². The Hall–Kier alpha value is -3.12. The van der Waals surface area contributed by atoms with E-state index in [0.29, 0.717) is 5.56 Å². The molecule has 1 unspecified atom stereocenters. The second-order valence-corrected chi connectivity index (χ2v) is 7.01. The van der Waals surface area contributed by atoms with Crippen molar-refractivity contribution >= 4 is 29.1 Å². The molecule has 0 aliphatic rings. The molecule has 0 saturated carbocycles. The zero-order valence-electron chi connectivity index (χ0n) is 14.3. The Balaban J connectivity index is 2.01. The van der Waals surface area contributed by atoms with Gasteiger partial charge in [-0.05, 0) is 35.9 Å². The molecular weight excluding hydrogens is 363 g/mol. The smallest absolute Gasteiger partial charge is 0.235 e. The zero-order chi connectivity index (χ0) is 19.4. The van der Waals surface area contributed by atoms with E-state index in [1.165, 1.54) is 36.0 Å². The summed E-state index contributed by atoms with van der Waals surface area (Å²) >= 11 is 1.24. The van der Waals surface area contributed by atoms with Crippen LogP contribution in [0.25, 0.3) is 0 Å². The number of amides is 1. The van der Waals surface area contributed by atoms with Crippen LogP contribution in [0.1, 0.15) is 26.7 Å². The van der Waals surface area contributed by atoms with E-state index >= 15 is 0 Å². The lowest BCUT2D eigenvalue weighted by Crippen LogP contribution is -2.21. The number of rotatable bonds is 6. The van der Waals surface area contributed by atoms with Crippen molar-refractivity contribution in [2.24, 2.45) is 5.73 Å². The van der Waals surface area contributed by atoms with Crippen LogP contribution in [0.3, 0.4) is 0 Å². The predicted octanol–water partition coefficient (Wildman–Crippen LogP) is 3.96. The number of carbonyl (C=O) groups is 2. The number of para-hydroxylation sites is 1. The van der Waals surface area contributed by atoms with Gasteiger partial charge < -0.3 is 11.5 Å². The Bertz CT molecular complexity index is 992. The summed E-state index contributed by atoms with van der Waals surface area (Å²) in [6.07, 6.45) is 0. The van der Waals surface area contributed by atoms with Crippen molar-refractivity contribution < 1.29 is 14.0 Å². The van der Waals surface area contributed by atoms with Gasteiger partial charge in [-0.15, -0.1) is 11.8 Å². The summed E-state index contributed by atoms with van der Waals surface area (Å²) < 4.78 is 14.0. The number of benzene rings is 3. The van der Waals surface area contributed by atoms with Gasteiger partial charge in [-0.25, -0.2) is 4.39 Å². The van der Waals surface area contributed by atoms with E-state index < -0.39 is 22.8 Å². The molecular formula is C21H17FN2O2S. The van der Waals surface area contributed by atoms with Crippen LogP contribution in [-0.4, -0.2) is 11.7 Å². The van der Waals surface area contributed by atoms with Crippen LogP contribution in [0.4, 0.5) is 10.1 Å². The van der Waals surface area contributed by atoms with E-state index in [9.17, 15) is 14.0 Å². The Morgan fingerprint density at radius 3 is 2.15 bits per heavy atom. The Morgan fingerprint density at radius 1 is 0.852 bits per heavy atom. The number of anilines is 1. The molecule has 4 N–H and O–H groups in total. The summed E-state index contributed by atoms with van der Waals surface area (Å²) in [5.74, 6) is -1.75. The molecule has 0 spiro atoms. The van der Waals surface area contributed by atoms with Gasteiger partial charge in [0.25, 0.3) is 0 Å². The van der Waals surface area contributed by atoms with Crippen molar-refractivity contribution in [3.05, 3.63) is 95.3 Å². The highest BCUT2D eigenvalue weighted by atomic mass is 32.2. The van der Waals surface area contributed by atoms with Gasteiger partial charge in [0.1, 0.15) is 11.1 Å². The number of hydrogen-bond acceptors (Lipinski definition) is 4. The van der Waals surface area contributed by atoms with E-state index in [-0.39, 0.29) is 16.8 Å². The van der Waals surface area contributed by atoms with Gasteiger partial charge >= 0.3 is 0 Å². The van der Waals surface area contributed by atoms with Crippen molar-refractivity contribution in [3.8, 4) is 0 Å². The Kier molecular flexibility index (Phi) is 5.57. The van der Waals surface area contributed by atoms with Crippen LogP contribution >= 0.6 is 11.8 Å². The van der Waals surface area contributed by atoms with Gasteiger partial charge in [-0.2, -0.15) is 0 Å². The lowest BCUT2D eigenvalue weighted by atomic mass is 9.97. The highest BCUT2D eigenvalue weighted by Crippen LogP contribution is 2.38. The van der Waals surface area contributed by atoms with Crippen molar-refractivity contribution in [1.29, 1.82) is 0 Å². The molecule has 136 valence electrons.